The molecule has 0 saturated carbocycles. The lowest BCUT2D eigenvalue weighted by atomic mass is 10.1. The molecule has 3 heteroatoms. The van der Waals surface area contributed by atoms with Crippen molar-refractivity contribution >= 4 is 17.5 Å². The molecule has 0 spiro atoms. The molecule has 0 N–H and O–H groups in total. The molecule has 126 valence electrons. The van der Waals surface area contributed by atoms with Gasteiger partial charge in [-0.15, -0.1) is 11.6 Å². The zero-order valence-electron chi connectivity index (χ0n) is 14.3. The molecule has 0 atom stereocenters. The SMILES string of the molecule is CCCCCCN(CCCCCC)C(=O)CCCCCCl. The summed E-state index contributed by atoms with van der Waals surface area (Å²) in [7, 11) is 0. The highest BCUT2D eigenvalue weighted by Crippen LogP contribution is 2.09. The molecular formula is C18H36ClNO. The lowest BCUT2D eigenvalue weighted by Gasteiger charge is -2.23. The van der Waals surface area contributed by atoms with Gasteiger partial charge >= 0.3 is 0 Å². The number of carbonyl (C=O) groups is 1. The first kappa shape index (κ1) is 20.8. The maximum absolute atomic E-state index is 12.3. The average Bonchev–Trinajstić information content (AvgIpc) is 2.49. The largest absolute Gasteiger partial charge is 0.343 e. The molecule has 2 nitrogen and oxygen atoms in total. The summed E-state index contributed by atoms with van der Waals surface area (Å²) in [6, 6.07) is 0. The molecule has 0 unspecified atom stereocenters. The van der Waals surface area contributed by atoms with Crippen LogP contribution in [0.25, 0.3) is 0 Å². The Morgan fingerprint density at radius 2 is 1.29 bits per heavy atom. The quantitative estimate of drug-likeness (QED) is 0.277. The number of unbranched alkanes of at least 4 members (excludes halogenated alkanes) is 8. The molecule has 0 radical (unpaired) electrons. The lowest BCUT2D eigenvalue weighted by molar-refractivity contribution is -0.131. The Balaban J connectivity index is 3.98. The predicted octanol–water partition coefficient (Wildman–Crippen LogP) is 5.77. The Morgan fingerprint density at radius 3 is 1.76 bits per heavy atom. The third kappa shape index (κ3) is 13.2. The molecule has 0 fully saturated rings. The van der Waals surface area contributed by atoms with Crippen LogP contribution in [0.2, 0.25) is 0 Å². The fraction of sp³-hybridized carbons (Fsp3) is 0.944. The first-order valence-corrected chi connectivity index (χ1v) is 9.63. The van der Waals surface area contributed by atoms with Crippen LogP contribution in [0.3, 0.4) is 0 Å². The van der Waals surface area contributed by atoms with Crippen LogP contribution < -0.4 is 0 Å². The standard InChI is InChI=1S/C18H36ClNO/c1-3-5-7-12-16-20(17-13-8-6-4-2)18(21)14-10-9-11-15-19/h3-17H2,1-2H3. The van der Waals surface area contributed by atoms with Crippen LogP contribution in [0.15, 0.2) is 0 Å². The third-order valence-corrected chi connectivity index (χ3v) is 4.21. The number of hydrogen-bond donors (Lipinski definition) is 0. The highest BCUT2D eigenvalue weighted by molar-refractivity contribution is 6.17. The van der Waals surface area contributed by atoms with Crippen molar-refractivity contribution in [1.82, 2.24) is 4.90 Å². The lowest BCUT2D eigenvalue weighted by Crippen LogP contribution is -2.32. The van der Waals surface area contributed by atoms with E-state index in [1.54, 1.807) is 0 Å². The van der Waals surface area contributed by atoms with E-state index in [-0.39, 0.29) is 0 Å². The van der Waals surface area contributed by atoms with Crippen molar-refractivity contribution in [2.24, 2.45) is 0 Å². The van der Waals surface area contributed by atoms with E-state index in [0.29, 0.717) is 18.2 Å². The van der Waals surface area contributed by atoms with Gasteiger partial charge in [-0.3, -0.25) is 4.79 Å². The highest BCUT2D eigenvalue weighted by Gasteiger charge is 2.12. The molecule has 1 amide bonds. The van der Waals surface area contributed by atoms with E-state index < -0.39 is 0 Å². The summed E-state index contributed by atoms with van der Waals surface area (Å²) in [5.41, 5.74) is 0. The van der Waals surface area contributed by atoms with Crippen molar-refractivity contribution < 1.29 is 4.79 Å². The second-order valence-corrected chi connectivity index (χ2v) is 6.38. The van der Waals surface area contributed by atoms with Gasteiger partial charge in [-0.2, -0.15) is 0 Å². The number of amides is 1. The zero-order valence-corrected chi connectivity index (χ0v) is 15.1. The van der Waals surface area contributed by atoms with E-state index in [2.05, 4.69) is 18.7 Å². The monoisotopic (exact) mass is 317 g/mol. The fourth-order valence-corrected chi connectivity index (χ4v) is 2.71. The molecule has 0 aliphatic rings. The fourth-order valence-electron chi connectivity index (χ4n) is 2.53. The minimum Gasteiger partial charge on any atom is -0.343 e. The van der Waals surface area contributed by atoms with Gasteiger partial charge in [0, 0.05) is 25.4 Å². The van der Waals surface area contributed by atoms with Gasteiger partial charge < -0.3 is 4.90 Å². The van der Waals surface area contributed by atoms with Gasteiger partial charge in [-0.1, -0.05) is 58.8 Å². The van der Waals surface area contributed by atoms with Crippen LogP contribution in [0, 0.1) is 0 Å². The minimum absolute atomic E-state index is 0.359. The smallest absolute Gasteiger partial charge is 0.222 e. The van der Waals surface area contributed by atoms with Gasteiger partial charge in [-0.25, -0.2) is 0 Å². The molecule has 0 aliphatic heterocycles. The molecule has 21 heavy (non-hydrogen) atoms. The Hall–Kier alpha value is -0.240. The van der Waals surface area contributed by atoms with Crippen molar-refractivity contribution in [2.45, 2.75) is 90.9 Å². The normalized spacial score (nSPS) is 10.8. The molecule has 0 saturated heterocycles. The first-order chi connectivity index (χ1) is 10.3. The number of rotatable bonds is 15. The average molecular weight is 318 g/mol. The number of hydrogen-bond acceptors (Lipinski definition) is 1. The molecular weight excluding hydrogens is 282 g/mol. The van der Waals surface area contributed by atoms with Crippen LogP contribution in [0.5, 0.6) is 0 Å². The van der Waals surface area contributed by atoms with Crippen molar-refractivity contribution in [2.75, 3.05) is 19.0 Å². The second-order valence-electron chi connectivity index (χ2n) is 6.00. The van der Waals surface area contributed by atoms with Gasteiger partial charge in [0.15, 0.2) is 0 Å². The highest BCUT2D eigenvalue weighted by atomic mass is 35.5. The van der Waals surface area contributed by atoms with Gasteiger partial charge in [0.25, 0.3) is 0 Å². The topological polar surface area (TPSA) is 20.3 Å². The Kier molecular flexibility index (Phi) is 16.0. The number of carbonyl (C=O) groups excluding carboxylic acids is 1. The van der Waals surface area contributed by atoms with Gasteiger partial charge in [0.2, 0.25) is 5.91 Å². The Bertz CT molecular complexity index is 221. The summed E-state index contributed by atoms with van der Waals surface area (Å²) >= 11 is 5.68. The van der Waals surface area contributed by atoms with Crippen LogP contribution >= 0.6 is 11.6 Å². The minimum atomic E-state index is 0.359. The Labute approximate surface area is 137 Å². The molecule has 0 aromatic rings. The van der Waals surface area contributed by atoms with E-state index >= 15 is 0 Å². The summed E-state index contributed by atoms with van der Waals surface area (Å²) in [6.45, 7) is 6.37. The van der Waals surface area contributed by atoms with Gasteiger partial charge in [0.1, 0.15) is 0 Å². The van der Waals surface area contributed by atoms with Crippen LogP contribution in [0.1, 0.15) is 90.9 Å². The number of nitrogens with zero attached hydrogens (tertiary/aromatic N) is 1. The third-order valence-electron chi connectivity index (χ3n) is 3.94. The molecule has 0 bridgehead atoms. The Morgan fingerprint density at radius 1 is 0.762 bits per heavy atom. The molecule has 0 aromatic carbocycles. The predicted molar refractivity (Wildman–Crippen MR) is 94.1 cm³/mol. The maximum Gasteiger partial charge on any atom is 0.222 e. The summed E-state index contributed by atoms with van der Waals surface area (Å²) in [6.07, 6.45) is 13.7. The van der Waals surface area contributed by atoms with Crippen molar-refractivity contribution in [1.29, 1.82) is 0 Å². The molecule has 0 aromatic heterocycles. The van der Waals surface area contributed by atoms with Gasteiger partial charge in [-0.05, 0) is 25.7 Å². The molecule has 0 aliphatic carbocycles. The van der Waals surface area contributed by atoms with Crippen molar-refractivity contribution in [3.63, 3.8) is 0 Å². The number of halogens is 1. The first-order valence-electron chi connectivity index (χ1n) is 9.10. The van der Waals surface area contributed by atoms with Crippen LogP contribution in [-0.2, 0) is 4.79 Å². The summed E-state index contributed by atoms with van der Waals surface area (Å²) < 4.78 is 0. The van der Waals surface area contributed by atoms with Crippen molar-refractivity contribution in [3.8, 4) is 0 Å². The second kappa shape index (κ2) is 16.1. The van der Waals surface area contributed by atoms with E-state index in [1.807, 2.05) is 0 Å². The molecule has 0 heterocycles. The maximum atomic E-state index is 12.3. The number of alkyl halides is 1. The van der Waals surface area contributed by atoms with E-state index in [0.717, 1.165) is 45.2 Å². The van der Waals surface area contributed by atoms with Crippen LogP contribution in [-0.4, -0.2) is 29.8 Å². The summed E-state index contributed by atoms with van der Waals surface area (Å²) in [5, 5.41) is 0. The van der Waals surface area contributed by atoms with E-state index in [1.165, 1.54) is 38.5 Å². The summed E-state index contributed by atoms with van der Waals surface area (Å²) in [5.74, 6) is 1.07. The van der Waals surface area contributed by atoms with Crippen LogP contribution in [0.4, 0.5) is 0 Å². The zero-order chi connectivity index (χ0) is 15.8. The van der Waals surface area contributed by atoms with E-state index in [9.17, 15) is 4.79 Å². The van der Waals surface area contributed by atoms with Gasteiger partial charge in [0.05, 0.1) is 0 Å². The molecule has 0 rings (SSSR count). The summed E-state index contributed by atoms with van der Waals surface area (Å²) in [4.78, 5) is 14.4. The van der Waals surface area contributed by atoms with E-state index in [4.69, 9.17) is 11.6 Å². The van der Waals surface area contributed by atoms with Crippen molar-refractivity contribution in [3.05, 3.63) is 0 Å².